The van der Waals surface area contributed by atoms with Gasteiger partial charge in [0.25, 0.3) is 11.8 Å². The Morgan fingerprint density at radius 3 is 2.10 bits per heavy atom. The highest BCUT2D eigenvalue weighted by molar-refractivity contribution is 6.33. The number of nitrogens with zero attached hydrogens (tertiary/aromatic N) is 1. The average Bonchev–Trinajstić information content (AvgIpc) is 2.75. The first-order valence-electron chi connectivity index (χ1n) is 9.08. The number of benzene rings is 2. The zero-order chi connectivity index (χ0) is 21.8. The molecule has 156 valence electrons. The van der Waals surface area contributed by atoms with Crippen LogP contribution >= 0.6 is 0 Å². The van der Waals surface area contributed by atoms with E-state index in [-0.39, 0.29) is 12.1 Å². The van der Waals surface area contributed by atoms with E-state index in [4.69, 9.17) is 14.2 Å². The summed E-state index contributed by atoms with van der Waals surface area (Å²) < 4.78 is 16.0. The zero-order valence-electron chi connectivity index (χ0n) is 16.8. The van der Waals surface area contributed by atoms with Crippen LogP contribution in [0.15, 0.2) is 36.4 Å². The first-order chi connectivity index (χ1) is 14.4. The SMILES string of the molecule is COc1cc(/C=C2\C(=O)N(CCC(=O)[O-])C(=O)c3ccccc32)cc(OC)c1OC. The van der Waals surface area contributed by atoms with Gasteiger partial charge in [0.2, 0.25) is 5.75 Å². The van der Waals surface area contributed by atoms with Gasteiger partial charge >= 0.3 is 0 Å². The molecule has 0 saturated carbocycles. The lowest BCUT2D eigenvalue weighted by atomic mass is 9.92. The van der Waals surface area contributed by atoms with E-state index < -0.39 is 24.2 Å². The van der Waals surface area contributed by atoms with Crippen LogP contribution in [0.4, 0.5) is 0 Å². The summed E-state index contributed by atoms with van der Waals surface area (Å²) >= 11 is 0. The molecule has 0 aliphatic carbocycles. The largest absolute Gasteiger partial charge is 0.550 e. The Hall–Kier alpha value is -3.81. The molecule has 8 heteroatoms. The minimum Gasteiger partial charge on any atom is -0.550 e. The molecule has 0 aromatic heterocycles. The summed E-state index contributed by atoms with van der Waals surface area (Å²) in [7, 11) is 4.45. The van der Waals surface area contributed by atoms with E-state index in [0.29, 0.717) is 33.9 Å². The fourth-order valence-corrected chi connectivity index (χ4v) is 3.30. The summed E-state index contributed by atoms with van der Waals surface area (Å²) in [5.74, 6) is -1.25. The normalized spacial score (nSPS) is 14.5. The molecule has 0 saturated heterocycles. The second-order valence-electron chi connectivity index (χ2n) is 6.45. The van der Waals surface area contributed by atoms with Crippen molar-refractivity contribution in [1.29, 1.82) is 0 Å². The lowest BCUT2D eigenvalue weighted by Gasteiger charge is -2.29. The summed E-state index contributed by atoms with van der Waals surface area (Å²) in [6.07, 6.45) is 1.15. The van der Waals surface area contributed by atoms with Crippen LogP contribution in [-0.4, -0.2) is 50.6 Å². The third-order valence-corrected chi connectivity index (χ3v) is 4.71. The third-order valence-electron chi connectivity index (χ3n) is 4.71. The average molecular weight is 410 g/mol. The number of carboxylic acid groups (broad SMARTS) is 1. The van der Waals surface area contributed by atoms with Crippen molar-refractivity contribution in [2.75, 3.05) is 27.9 Å². The van der Waals surface area contributed by atoms with Gasteiger partial charge in [-0.3, -0.25) is 14.5 Å². The molecule has 0 N–H and O–H groups in total. The first kappa shape index (κ1) is 20.9. The van der Waals surface area contributed by atoms with Gasteiger partial charge in [0, 0.05) is 30.1 Å². The number of carbonyl (C=O) groups excluding carboxylic acids is 3. The van der Waals surface area contributed by atoms with Crippen LogP contribution in [0, 0.1) is 0 Å². The molecule has 2 aromatic carbocycles. The van der Waals surface area contributed by atoms with E-state index in [1.807, 2.05) is 0 Å². The first-order valence-corrected chi connectivity index (χ1v) is 9.08. The summed E-state index contributed by atoms with van der Waals surface area (Å²) in [6, 6.07) is 10.0. The topological polar surface area (TPSA) is 105 Å². The molecule has 0 unspecified atom stereocenters. The Kier molecular flexibility index (Phi) is 6.06. The molecule has 0 bridgehead atoms. The molecule has 2 amide bonds. The predicted octanol–water partition coefficient (Wildman–Crippen LogP) is 1.38. The minimum absolute atomic E-state index is 0.248. The van der Waals surface area contributed by atoms with E-state index >= 15 is 0 Å². The molecule has 8 nitrogen and oxygen atoms in total. The zero-order valence-corrected chi connectivity index (χ0v) is 16.8. The summed E-state index contributed by atoms with van der Waals surface area (Å²) in [4.78, 5) is 37.6. The summed E-state index contributed by atoms with van der Waals surface area (Å²) in [5, 5.41) is 10.9. The van der Waals surface area contributed by atoms with Crippen LogP contribution in [0.2, 0.25) is 0 Å². The van der Waals surface area contributed by atoms with Gasteiger partial charge in [0.05, 0.1) is 21.3 Å². The highest BCUT2D eigenvalue weighted by Crippen LogP contribution is 2.40. The highest BCUT2D eigenvalue weighted by Gasteiger charge is 2.34. The van der Waals surface area contributed by atoms with E-state index in [9.17, 15) is 19.5 Å². The van der Waals surface area contributed by atoms with Crippen molar-refractivity contribution in [3.63, 3.8) is 0 Å². The Morgan fingerprint density at radius 1 is 0.967 bits per heavy atom. The molecule has 3 rings (SSSR count). The van der Waals surface area contributed by atoms with Gasteiger partial charge in [-0.2, -0.15) is 0 Å². The van der Waals surface area contributed by atoms with Gasteiger partial charge in [0.15, 0.2) is 11.5 Å². The van der Waals surface area contributed by atoms with Crippen molar-refractivity contribution in [1.82, 2.24) is 4.90 Å². The Morgan fingerprint density at radius 2 is 1.57 bits per heavy atom. The fraction of sp³-hybridized carbons (Fsp3) is 0.227. The van der Waals surface area contributed by atoms with Gasteiger partial charge in [-0.1, -0.05) is 18.2 Å². The highest BCUT2D eigenvalue weighted by atomic mass is 16.5. The number of hydrogen-bond acceptors (Lipinski definition) is 7. The minimum atomic E-state index is -1.34. The lowest BCUT2D eigenvalue weighted by Crippen LogP contribution is -2.43. The molecule has 2 aromatic rings. The Bertz CT molecular complexity index is 1020. The Labute approximate surface area is 173 Å². The van der Waals surface area contributed by atoms with Crippen molar-refractivity contribution in [3.05, 3.63) is 53.1 Å². The number of aliphatic carboxylic acids is 1. The van der Waals surface area contributed by atoms with Crippen molar-refractivity contribution in [2.24, 2.45) is 0 Å². The molecule has 0 fully saturated rings. The second-order valence-corrected chi connectivity index (χ2v) is 6.45. The lowest BCUT2D eigenvalue weighted by molar-refractivity contribution is -0.305. The number of carbonyl (C=O) groups is 3. The molecule has 1 aliphatic rings. The quantitative estimate of drug-likeness (QED) is 0.501. The number of methoxy groups -OCH3 is 3. The maximum atomic E-state index is 13.1. The monoisotopic (exact) mass is 410 g/mol. The molecule has 0 radical (unpaired) electrons. The number of fused-ring (bicyclic) bond motifs is 1. The second kappa shape index (κ2) is 8.69. The maximum Gasteiger partial charge on any atom is 0.261 e. The molecule has 0 atom stereocenters. The van der Waals surface area contributed by atoms with Crippen LogP contribution in [0.5, 0.6) is 17.2 Å². The van der Waals surface area contributed by atoms with Crippen LogP contribution < -0.4 is 19.3 Å². The van der Waals surface area contributed by atoms with Gasteiger partial charge in [-0.25, -0.2) is 0 Å². The van der Waals surface area contributed by atoms with Crippen molar-refractivity contribution in [2.45, 2.75) is 6.42 Å². The number of imide groups is 1. The molecule has 1 heterocycles. The predicted molar refractivity (Wildman–Crippen MR) is 106 cm³/mol. The van der Waals surface area contributed by atoms with Crippen LogP contribution in [-0.2, 0) is 9.59 Å². The maximum absolute atomic E-state index is 13.1. The van der Waals surface area contributed by atoms with Crippen LogP contribution in [0.3, 0.4) is 0 Å². The van der Waals surface area contributed by atoms with Crippen LogP contribution in [0.1, 0.15) is 27.9 Å². The number of rotatable bonds is 7. The number of carboxylic acids is 1. The van der Waals surface area contributed by atoms with E-state index in [2.05, 4.69) is 0 Å². The van der Waals surface area contributed by atoms with Crippen molar-refractivity contribution < 1.29 is 33.7 Å². The standard InChI is InChI=1S/C22H21NO7/c1-28-17-11-13(12-18(29-2)20(17)30-3)10-16-14-6-4-5-7-15(14)21(26)23(22(16)27)9-8-19(24)25/h4-7,10-12H,8-9H2,1-3H3,(H,24,25)/p-1/b16-10-. The van der Waals surface area contributed by atoms with E-state index in [1.54, 1.807) is 42.5 Å². The van der Waals surface area contributed by atoms with Crippen molar-refractivity contribution in [3.8, 4) is 17.2 Å². The third kappa shape index (κ3) is 3.84. The van der Waals surface area contributed by atoms with Gasteiger partial charge in [0.1, 0.15) is 0 Å². The van der Waals surface area contributed by atoms with E-state index in [0.717, 1.165) is 4.90 Å². The van der Waals surface area contributed by atoms with Gasteiger partial charge < -0.3 is 24.1 Å². The Balaban J connectivity index is 2.14. The summed E-state index contributed by atoms with van der Waals surface area (Å²) in [6.45, 7) is -0.277. The molecular formula is C22H20NO7-. The molecule has 1 aliphatic heterocycles. The molecule has 30 heavy (non-hydrogen) atoms. The van der Waals surface area contributed by atoms with Crippen molar-refractivity contribution >= 4 is 29.4 Å². The van der Waals surface area contributed by atoms with Crippen LogP contribution in [0.25, 0.3) is 11.6 Å². The number of hydrogen-bond donors (Lipinski definition) is 0. The van der Waals surface area contributed by atoms with Gasteiger partial charge in [-0.15, -0.1) is 0 Å². The number of amides is 2. The smallest absolute Gasteiger partial charge is 0.261 e. The van der Waals surface area contributed by atoms with E-state index in [1.165, 1.54) is 21.3 Å². The summed E-state index contributed by atoms with van der Waals surface area (Å²) in [5.41, 5.74) is 1.61. The molecular weight excluding hydrogens is 390 g/mol. The molecule has 0 spiro atoms. The number of ether oxygens (including phenoxy) is 3. The van der Waals surface area contributed by atoms with Gasteiger partial charge in [-0.05, 0) is 35.4 Å². The fourth-order valence-electron chi connectivity index (χ4n) is 3.30.